The van der Waals surface area contributed by atoms with Crippen LogP contribution in [0.4, 0.5) is 0 Å². The molecule has 1 aliphatic rings. The Hall–Kier alpha value is -0.850. The first-order valence-corrected chi connectivity index (χ1v) is 7.42. The van der Waals surface area contributed by atoms with Crippen LogP contribution in [0, 0.1) is 10.8 Å². The topological polar surface area (TPSA) is 82.2 Å². The first kappa shape index (κ1) is 13.6. The average Bonchev–Trinajstić information content (AvgIpc) is 2.68. The van der Waals surface area contributed by atoms with Crippen molar-refractivity contribution in [3.05, 3.63) is 18.0 Å². The summed E-state index contributed by atoms with van der Waals surface area (Å²) in [4.78, 5) is 2.90. The molecule has 0 aromatic carbocycles. The zero-order valence-electron chi connectivity index (χ0n) is 11.1. The van der Waals surface area contributed by atoms with Crippen LogP contribution in [0.3, 0.4) is 0 Å². The molecule has 0 radical (unpaired) electrons. The molecule has 3 N–H and O–H groups in total. The summed E-state index contributed by atoms with van der Waals surface area (Å²) in [5.74, 6) is 0. The van der Waals surface area contributed by atoms with Crippen LogP contribution in [0.15, 0.2) is 17.2 Å². The SMILES string of the molecule is CC1(C)C(NS(=O)(=O)c2c[nH]c(CO)c2)C1(C)C. The average molecular weight is 272 g/mol. The Kier molecular flexibility index (Phi) is 2.88. The largest absolute Gasteiger partial charge is 0.390 e. The smallest absolute Gasteiger partial charge is 0.242 e. The minimum atomic E-state index is -3.52. The van der Waals surface area contributed by atoms with Crippen LogP contribution in [0.1, 0.15) is 33.4 Å². The van der Waals surface area contributed by atoms with E-state index >= 15 is 0 Å². The number of aliphatic hydroxyl groups is 1. The monoisotopic (exact) mass is 272 g/mol. The van der Waals surface area contributed by atoms with E-state index in [2.05, 4.69) is 37.4 Å². The standard InChI is InChI=1S/C12H20N2O3S/c1-11(2)10(12(11,3)4)14-18(16,17)9-5-8(7-15)13-6-9/h5-6,10,13-15H,7H2,1-4H3. The van der Waals surface area contributed by atoms with E-state index in [9.17, 15) is 8.42 Å². The maximum absolute atomic E-state index is 12.2. The van der Waals surface area contributed by atoms with Gasteiger partial charge in [-0.25, -0.2) is 13.1 Å². The van der Waals surface area contributed by atoms with E-state index in [4.69, 9.17) is 5.11 Å². The van der Waals surface area contributed by atoms with Gasteiger partial charge in [0, 0.05) is 17.9 Å². The molecule has 0 saturated heterocycles. The van der Waals surface area contributed by atoms with Crippen molar-refractivity contribution < 1.29 is 13.5 Å². The third-order valence-electron chi connectivity index (χ3n) is 4.49. The summed E-state index contributed by atoms with van der Waals surface area (Å²) in [7, 11) is -3.52. The van der Waals surface area contributed by atoms with E-state index in [1.807, 2.05) is 0 Å². The van der Waals surface area contributed by atoms with E-state index in [1.54, 1.807) is 0 Å². The minimum absolute atomic E-state index is 0.0455. The minimum Gasteiger partial charge on any atom is -0.390 e. The number of rotatable bonds is 4. The lowest BCUT2D eigenvalue weighted by atomic mass is 10.0. The van der Waals surface area contributed by atoms with Gasteiger partial charge in [-0.2, -0.15) is 0 Å². The number of hydrogen-bond donors (Lipinski definition) is 3. The molecule has 5 nitrogen and oxygen atoms in total. The van der Waals surface area contributed by atoms with Gasteiger partial charge in [0.1, 0.15) is 0 Å². The number of aromatic nitrogens is 1. The number of aliphatic hydroxyl groups excluding tert-OH is 1. The molecule has 18 heavy (non-hydrogen) atoms. The van der Waals surface area contributed by atoms with Crippen molar-refractivity contribution in [1.82, 2.24) is 9.71 Å². The van der Waals surface area contributed by atoms with Crippen LogP contribution in [0.25, 0.3) is 0 Å². The van der Waals surface area contributed by atoms with E-state index in [-0.39, 0.29) is 28.4 Å². The second-order valence-electron chi connectivity index (χ2n) is 6.02. The predicted octanol–water partition coefficient (Wildman–Crippen LogP) is 1.22. The second kappa shape index (κ2) is 3.82. The number of nitrogens with one attached hydrogen (secondary N) is 2. The summed E-state index contributed by atoms with van der Waals surface area (Å²) in [6.45, 7) is 8.01. The maximum Gasteiger partial charge on any atom is 0.242 e. The highest BCUT2D eigenvalue weighted by atomic mass is 32.2. The predicted molar refractivity (Wildman–Crippen MR) is 68.4 cm³/mol. The Bertz CT molecular complexity index is 544. The van der Waals surface area contributed by atoms with Crippen LogP contribution >= 0.6 is 0 Å². The highest BCUT2D eigenvalue weighted by molar-refractivity contribution is 7.89. The van der Waals surface area contributed by atoms with Gasteiger partial charge in [0.25, 0.3) is 0 Å². The molecule has 1 fully saturated rings. The van der Waals surface area contributed by atoms with Gasteiger partial charge in [-0.05, 0) is 16.9 Å². The zero-order valence-corrected chi connectivity index (χ0v) is 11.9. The van der Waals surface area contributed by atoms with Crippen LogP contribution < -0.4 is 4.72 Å². The summed E-state index contributed by atoms with van der Waals surface area (Å²) in [5.41, 5.74) is 0.400. The molecule has 102 valence electrons. The van der Waals surface area contributed by atoms with Gasteiger partial charge in [0.15, 0.2) is 0 Å². The molecular formula is C12H20N2O3S. The molecule has 0 amide bonds. The van der Waals surface area contributed by atoms with Gasteiger partial charge in [-0.1, -0.05) is 27.7 Å². The molecule has 0 atom stereocenters. The summed E-state index contributed by atoms with van der Waals surface area (Å²) >= 11 is 0. The Morgan fingerprint density at radius 3 is 2.28 bits per heavy atom. The lowest BCUT2D eigenvalue weighted by molar-refractivity contribution is 0.277. The number of hydrogen-bond acceptors (Lipinski definition) is 3. The van der Waals surface area contributed by atoms with Crippen molar-refractivity contribution >= 4 is 10.0 Å². The molecule has 1 heterocycles. The van der Waals surface area contributed by atoms with Crippen molar-refractivity contribution in [1.29, 1.82) is 0 Å². The Morgan fingerprint density at radius 1 is 1.33 bits per heavy atom. The van der Waals surface area contributed by atoms with Gasteiger partial charge < -0.3 is 10.1 Å². The van der Waals surface area contributed by atoms with Gasteiger partial charge >= 0.3 is 0 Å². The van der Waals surface area contributed by atoms with E-state index in [1.165, 1.54) is 12.3 Å². The highest BCUT2D eigenvalue weighted by Gasteiger charge is 2.66. The normalized spacial score (nSPS) is 22.1. The van der Waals surface area contributed by atoms with Crippen LogP contribution in [0.2, 0.25) is 0 Å². The van der Waals surface area contributed by atoms with Crippen LogP contribution in [-0.4, -0.2) is 24.6 Å². The summed E-state index contributed by atoms with van der Waals surface area (Å²) < 4.78 is 27.1. The quantitative estimate of drug-likeness (QED) is 0.770. The van der Waals surface area contributed by atoms with Crippen molar-refractivity contribution in [2.24, 2.45) is 10.8 Å². The van der Waals surface area contributed by atoms with E-state index in [0.717, 1.165) is 0 Å². The number of H-pyrrole nitrogens is 1. The van der Waals surface area contributed by atoms with Gasteiger partial charge in [0.05, 0.1) is 11.5 Å². The Balaban J connectivity index is 2.19. The van der Waals surface area contributed by atoms with Gasteiger partial charge in [-0.15, -0.1) is 0 Å². The van der Waals surface area contributed by atoms with Gasteiger partial charge in [0.2, 0.25) is 10.0 Å². The van der Waals surface area contributed by atoms with Crippen molar-refractivity contribution in [3.63, 3.8) is 0 Å². The second-order valence-corrected chi connectivity index (χ2v) is 7.73. The summed E-state index contributed by atoms with van der Waals surface area (Å²) in [5, 5.41) is 8.93. The first-order chi connectivity index (χ1) is 8.13. The molecule has 1 aromatic heterocycles. The maximum atomic E-state index is 12.2. The third kappa shape index (κ3) is 1.88. The van der Waals surface area contributed by atoms with Crippen LogP contribution in [-0.2, 0) is 16.6 Å². The van der Waals surface area contributed by atoms with Crippen molar-refractivity contribution in [2.45, 2.75) is 45.2 Å². The Morgan fingerprint density at radius 2 is 1.89 bits per heavy atom. The lowest BCUT2D eigenvalue weighted by Gasteiger charge is -2.06. The van der Waals surface area contributed by atoms with E-state index < -0.39 is 10.0 Å². The third-order valence-corrected chi connectivity index (χ3v) is 5.89. The molecule has 1 aromatic rings. The fourth-order valence-corrected chi connectivity index (χ4v) is 3.93. The van der Waals surface area contributed by atoms with Crippen molar-refractivity contribution in [3.8, 4) is 0 Å². The Labute approximate surface area is 108 Å². The fraction of sp³-hybridized carbons (Fsp3) is 0.667. The highest BCUT2D eigenvalue weighted by Crippen LogP contribution is 2.62. The summed E-state index contributed by atoms with van der Waals surface area (Å²) in [6.07, 6.45) is 1.40. The molecular weight excluding hydrogens is 252 g/mol. The first-order valence-electron chi connectivity index (χ1n) is 5.93. The van der Waals surface area contributed by atoms with E-state index in [0.29, 0.717) is 5.69 Å². The van der Waals surface area contributed by atoms with Crippen LogP contribution in [0.5, 0.6) is 0 Å². The molecule has 1 aliphatic carbocycles. The molecule has 0 aliphatic heterocycles. The molecule has 6 heteroatoms. The molecule has 0 unspecified atom stereocenters. The lowest BCUT2D eigenvalue weighted by Crippen LogP contribution is -2.29. The molecule has 2 rings (SSSR count). The number of aromatic amines is 1. The summed E-state index contributed by atoms with van der Waals surface area (Å²) in [6, 6.07) is 1.38. The molecule has 1 saturated carbocycles. The molecule has 0 bridgehead atoms. The van der Waals surface area contributed by atoms with Gasteiger partial charge in [-0.3, -0.25) is 0 Å². The zero-order chi connectivity index (χ0) is 13.8. The van der Waals surface area contributed by atoms with Crippen molar-refractivity contribution in [2.75, 3.05) is 0 Å². The molecule has 0 spiro atoms. The number of sulfonamides is 1. The fourth-order valence-electron chi connectivity index (χ4n) is 2.38.